The summed E-state index contributed by atoms with van der Waals surface area (Å²) < 4.78 is 5.63. The van der Waals surface area contributed by atoms with E-state index in [1.54, 1.807) is 0 Å². The van der Waals surface area contributed by atoms with Gasteiger partial charge in [-0.05, 0) is 43.2 Å². The summed E-state index contributed by atoms with van der Waals surface area (Å²) in [6.07, 6.45) is 0. The molecule has 2 N–H and O–H groups in total. The number of hydrogen-bond donors (Lipinski definition) is 1. The van der Waals surface area contributed by atoms with Gasteiger partial charge in [0.25, 0.3) is 5.69 Å². The van der Waals surface area contributed by atoms with E-state index in [0.717, 1.165) is 11.1 Å². The SMILES string of the molecule is Cc1cc(C)cc(Oc2cc([N+](=O)[O-])ccc2N)c1. The summed E-state index contributed by atoms with van der Waals surface area (Å²) in [5.74, 6) is 0.906. The Morgan fingerprint density at radius 2 is 1.74 bits per heavy atom. The number of anilines is 1. The van der Waals surface area contributed by atoms with Gasteiger partial charge in [0.1, 0.15) is 5.75 Å². The second-order valence-corrected chi connectivity index (χ2v) is 4.40. The Kier molecular flexibility index (Phi) is 3.37. The van der Waals surface area contributed by atoms with Gasteiger partial charge in [-0.25, -0.2) is 0 Å². The molecule has 0 spiro atoms. The number of nitrogens with zero attached hydrogens (tertiary/aromatic N) is 1. The van der Waals surface area contributed by atoms with Crippen molar-refractivity contribution in [2.45, 2.75) is 13.8 Å². The fourth-order valence-corrected chi connectivity index (χ4v) is 1.84. The van der Waals surface area contributed by atoms with Gasteiger partial charge < -0.3 is 10.5 Å². The molecule has 0 unspecified atom stereocenters. The summed E-state index contributed by atoms with van der Waals surface area (Å²) in [7, 11) is 0. The number of ether oxygens (including phenoxy) is 1. The lowest BCUT2D eigenvalue weighted by molar-refractivity contribution is -0.384. The molecule has 2 aromatic carbocycles. The second-order valence-electron chi connectivity index (χ2n) is 4.40. The van der Waals surface area contributed by atoms with E-state index in [0.29, 0.717) is 17.2 Å². The van der Waals surface area contributed by atoms with Gasteiger partial charge in [-0.2, -0.15) is 0 Å². The molecule has 0 aliphatic carbocycles. The lowest BCUT2D eigenvalue weighted by Crippen LogP contribution is -1.95. The quantitative estimate of drug-likeness (QED) is 0.518. The molecule has 98 valence electrons. The molecule has 2 rings (SSSR count). The van der Waals surface area contributed by atoms with Crippen LogP contribution in [-0.4, -0.2) is 4.92 Å². The molecular formula is C14H14N2O3. The topological polar surface area (TPSA) is 78.4 Å². The largest absolute Gasteiger partial charge is 0.455 e. The van der Waals surface area contributed by atoms with Crippen molar-refractivity contribution < 1.29 is 9.66 Å². The van der Waals surface area contributed by atoms with Crippen molar-refractivity contribution in [1.29, 1.82) is 0 Å². The third-order valence-electron chi connectivity index (χ3n) is 2.63. The number of benzene rings is 2. The van der Waals surface area contributed by atoms with Crippen molar-refractivity contribution in [3.63, 3.8) is 0 Å². The minimum atomic E-state index is -0.478. The Labute approximate surface area is 110 Å². The first-order valence-corrected chi connectivity index (χ1v) is 5.76. The van der Waals surface area contributed by atoms with Crippen molar-refractivity contribution in [1.82, 2.24) is 0 Å². The van der Waals surface area contributed by atoms with Crippen LogP contribution >= 0.6 is 0 Å². The van der Waals surface area contributed by atoms with Crippen LogP contribution in [0.1, 0.15) is 11.1 Å². The zero-order valence-corrected chi connectivity index (χ0v) is 10.7. The predicted octanol–water partition coefficient (Wildman–Crippen LogP) is 3.59. The molecule has 2 aromatic rings. The zero-order chi connectivity index (χ0) is 14.0. The average molecular weight is 258 g/mol. The number of nitro groups is 1. The van der Waals surface area contributed by atoms with E-state index in [4.69, 9.17) is 10.5 Å². The summed E-state index contributed by atoms with van der Waals surface area (Å²) in [4.78, 5) is 10.3. The van der Waals surface area contributed by atoms with Crippen LogP contribution < -0.4 is 10.5 Å². The Morgan fingerprint density at radius 1 is 1.11 bits per heavy atom. The van der Waals surface area contributed by atoms with Gasteiger partial charge in [-0.3, -0.25) is 10.1 Å². The highest BCUT2D eigenvalue weighted by Crippen LogP contribution is 2.31. The highest BCUT2D eigenvalue weighted by atomic mass is 16.6. The molecule has 0 amide bonds. The molecule has 19 heavy (non-hydrogen) atoms. The highest BCUT2D eigenvalue weighted by Gasteiger charge is 2.11. The molecule has 0 heterocycles. The molecule has 5 heteroatoms. The maximum atomic E-state index is 10.7. The normalized spacial score (nSPS) is 10.2. The third kappa shape index (κ3) is 3.01. The number of nitrogen functional groups attached to an aromatic ring is 1. The van der Waals surface area contributed by atoms with Crippen LogP contribution in [0.3, 0.4) is 0 Å². The van der Waals surface area contributed by atoms with Gasteiger partial charge in [0, 0.05) is 6.07 Å². The first-order chi connectivity index (χ1) is 8.95. The first-order valence-electron chi connectivity index (χ1n) is 5.76. The van der Waals surface area contributed by atoms with Crippen LogP contribution in [-0.2, 0) is 0 Å². The molecular weight excluding hydrogens is 244 g/mol. The number of aryl methyl sites for hydroxylation is 2. The molecule has 0 fully saturated rings. The Morgan fingerprint density at radius 3 is 2.32 bits per heavy atom. The molecule has 0 saturated heterocycles. The smallest absolute Gasteiger partial charge is 0.273 e. The number of rotatable bonds is 3. The Balaban J connectivity index is 2.37. The number of non-ortho nitro benzene ring substituents is 1. The zero-order valence-electron chi connectivity index (χ0n) is 10.7. The molecule has 0 aliphatic rings. The molecule has 0 saturated carbocycles. The standard InChI is InChI=1S/C14H14N2O3/c1-9-5-10(2)7-12(6-9)19-14-8-11(16(17)18)3-4-13(14)15/h3-8H,15H2,1-2H3. The highest BCUT2D eigenvalue weighted by molar-refractivity contribution is 5.58. The molecule has 0 bridgehead atoms. The fourth-order valence-electron chi connectivity index (χ4n) is 1.84. The average Bonchev–Trinajstić information content (AvgIpc) is 2.30. The summed E-state index contributed by atoms with van der Waals surface area (Å²) in [5, 5.41) is 10.7. The van der Waals surface area contributed by atoms with Crippen molar-refractivity contribution in [3.05, 3.63) is 57.6 Å². The van der Waals surface area contributed by atoms with Gasteiger partial charge in [-0.1, -0.05) is 6.07 Å². The van der Waals surface area contributed by atoms with Crippen LogP contribution in [0.15, 0.2) is 36.4 Å². The van der Waals surface area contributed by atoms with E-state index in [1.807, 2.05) is 32.0 Å². The second kappa shape index (κ2) is 4.97. The molecule has 0 aromatic heterocycles. The van der Waals surface area contributed by atoms with Gasteiger partial charge in [0.05, 0.1) is 16.7 Å². The Hall–Kier alpha value is -2.56. The minimum absolute atomic E-state index is 0.0476. The van der Waals surface area contributed by atoms with E-state index in [2.05, 4.69) is 0 Å². The van der Waals surface area contributed by atoms with Gasteiger partial charge in [0.2, 0.25) is 0 Å². The predicted molar refractivity (Wildman–Crippen MR) is 73.5 cm³/mol. The van der Waals surface area contributed by atoms with Crippen LogP contribution in [0.25, 0.3) is 0 Å². The van der Waals surface area contributed by atoms with E-state index in [-0.39, 0.29) is 5.69 Å². The van der Waals surface area contributed by atoms with Gasteiger partial charge in [-0.15, -0.1) is 0 Å². The van der Waals surface area contributed by atoms with Gasteiger partial charge in [0.15, 0.2) is 5.75 Å². The van der Waals surface area contributed by atoms with Crippen molar-refractivity contribution >= 4 is 11.4 Å². The van der Waals surface area contributed by atoms with E-state index < -0.39 is 4.92 Å². The van der Waals surface area contributed by atoms with E-state index in [1.165, 1.54) is 18.2 Å². The van der Waals surface area contributed by atoms with Crippen LogP contribution in [0, 0.1) is 24.0 Å². The van der Waals surface area contributed by atoms with Crippen molar-refractivity contribution in [2.24, 2.45) is 0 Å². The molecule has 0 radical (unpaired) electrons. The van der Waals surface area contributed by atoms with E-state index >= 15 is 0 Å². The maximum Gasteiger partial charge on any atom is 0.273 e. The lowest BCUT2D eigenvalue weighted by Gasteiger charge is -2.09. The van der Waals surface area contributed by atoms with Crippen LogP contribution in [0.2, 0.25) is 0 Å². The summed E-state index contributed by atoms with van der Waals surface area (Å²) in [6.45, 7) is 3.91. The molecule has 0 aliphatic heterocycles. The van der Waals surface area contributed by atoms with E-state index in [9.17, 15) is 10.1 Å². The third-order valence-corrected chi connectivity index (χ3v) is 2.63. The maximum absolute atomic E-state index is 10.7. The van der Waals surface area contributed by atoms with Gasteiger partial charge >= 0.3 is 0 Å². The summed E-state index contributed by atoms with van der Waals surface area (Å²) >= 11 is 0. The first kappa shape index (κ1) is 12.9. The lowest BCUT2D eigenvalue weighted by atomic mass is 10.1. The molecule has 0 atom stereocenters. The van der Waals surface area contributed by atoms with Crippen molar-refractivity contribution in [2.75, 3.05) is 5.73 Å². The monoisotopic (exact) mass is 258 g/mol. The minimum Gasteiger partial charge on any atom is -0.455 e. The fraction of sp³-hybridized carbons (Fsp3) is 0.143. The number of hydrogen-bond acceptors (Lipinski definition) is 4. The summed E-state index contributed by atoms with van der Waals surface area (Å²) in [5.41, 5.74) is 8.19. The summed E-state index contributed by atoms with van der Waals surface area (Å²) in [6, 6.07) is 9.87. The number of nitrogens with two attached hydrogens (primary N) is 1. The van der Waals surface area contributed by atoms with Crippen LogP contribution in [0.5, 0.6) is 11.5 Å². The number of nitro benzene ring substituents is 1. The van der Waals surface area contributed by atoms with Crippen molar-refractivity contribution in [3.8, 4) is 11.5 Å². The Bertz CT molecular complexity index is 618. The molecule has 5 nitrogen and oxygen atoms in total. The van der Waals surface area contributed by atoms with Crippen LogP contribution in [0.4, 0.5) is 11.4 Å².